The van der Waals surface area contributed by atoms with Gasteiger partial charge in [0.25, 0.3) is 5.69 Å². The predicted octanol–water partition coefficient (Wildman–Crippen LogP) is 3.05. The van der Waals surface area contributed by atoms with Gasteiger partial charge in [-0.1, -0.05) is 12.1 Å². The molecule has 0 amide bonds. The third-order valence-corrected chi connectivity index (χ3v) is 3.00. The van der Waals surface area contributed by atoms with E-state index >= 15 is 0 Å². The minimum atomic E-state index is -0.383. The first-order chi connectivity index (χ1) is 9.75. The van der Waals surface area contributed by atoms with Crippen LogP contribution in [0.25, 0.3) is 22.3 Å². The zero-order chi connectivity index (χ0) is 13.9. The van der Waals surface area contributed by atoms with Crippen molar-refractivity contribution in [2.24, 2.45) is 0 Å². The summed E-state index contributed by atoms with van der Waals surface area (Å²) >= 11 is 0. The molecule has 0 radical (unpaired) electrons. The van der Waals surface area contributed by atoms with Gasteiger partial charge in [0.1, 0.15) is 0 Å². The molecule has 2 heterocycles. The van der Waals surface area contributed by atoms with Crippen LogP contribution >= 0.6 is 0 Å². The number of nitrogens with zero attached hydrogens (tertiary/aromatic N) is 3. The summed E-state index contributed by atoms with van der Waals surface area (Å²) in [5, 5.41) is 17.8. The number of nitro benzene ring substituents is 1. The molecule has 3 rings (SSSR count). The van der Waals surface area contributed by atoms with Gasteiger partial charge in [-0.05, 0) is 17.7 Å². The Morgan fingerprint density at radius 2 is 2.00 bits per heavy atom. The van der Waals surface area contributed by atoms with Gasteiger partial charge in [-0.2, -0.15) is 5.10 Å². The molecule has 1 N–H and O–H groups in total. The molecular weight excluding hydrogens is 256 g/mol. The molecule has 2 aromatic heterocycles. The fourth-order valence-corrected chi connectivity index (χ4v) is 2.04. The fraction of sp³-hybridized carbons (Fsp3) is 0. The van der Waals surface area contributed by atoms with E-state index in [9.17, 15) is 10.1 Å². The van der Waals surface area contributed by atoms with E-state index in [4.69, 9.17) is 0 Å². The van der Waals surface area contributed by atoms with Gasteiger partial charge in [0.2, 0.25) is 0 Å². The topological polar surface area (TPSA) is 84.7 Å². The van der Waals surface area contributed by atoms with Crippen LogP contribution in [0.3, 0.4) is 0 Å². The van der Waals surface area contributed by atoms with E-state index in [1.165, 1.54) is 0 Å². The minimum absolute atomic E-state index is 0.0525. The summed E-state index contributed by atoms with van der Waals surface area (Å²) in [6, 6.07) is 8.67. The highest BCUT2D eigenvalue weighted by molar-refractivity contribution is 5.78. The molecule has 0 aliphatic rings. The maximum Gasteiger partial charge on any atom is 0.277 e. The van der Waals surface area contributed by atoms with Crippen molar-refractivity contribution in [2.45, 2.75) is 0 Å². The average molecular weight is 266 g/mol. The Morgan fingerprint density at radius 3 is 2.65 bits per heavy atom. The van der Waals surface area contributed by atoms with E-state index in [-0.39, 0.29) is 10.6 Å². The van der Waals surface area contributed by atoms with Crippen molar-refractivity contribution in [2.75, 3.05) is 0 Å². The number of hydrogen-bond acceptors (Lipinski definition) is 4. The summed E-state index contributed by atoms with van der Waals surface area (Å²) in [4.78, 5) is 14.9. The van der Waals surface area contributed by atoms with Crippen LogP contribution in [0, 0.1) is 10.1 Å². The minimum Gasteiger partial charge on any atom is -0.285 e. The molecule has 1 aromatic carbocycles. The number of aromatic nitrogens is 3. The second-order valence-corrected chi connectivity index (χ2v) is 4.22. The third kappa shape index (κ3) is 2.14. The van der Waals surface area contributed by atoms with Crippen molar-refractivity contribution in [3.05, 3.63) is 65.2 Å². The van der Waals surface area contributed by atoms with Crippen molar-refractivity contribution in [1.82, 2.24) is 15.2 Å². The van der Waals surface area contributed by atoms with Crippen LogP contribution in [0.15, 0.2) is 55.1 Å². The molecule has 0 aliphatic carbocycles. The number of nitro groups is 1. The molecule has 6 heteroatoms. The van der Waals surface area contributed by atoms with Gasteiger partial charge < -0.3 is 0 Å². The summed E-state index contributed by atoms with van der Waals surface area (Å²) in [6.07, 6.45) is 6.57. The Kier molecular flexibility index (Phi) is 2.96. The van der Waals surface area contributed by atoms with E-state index in [0.29, 0.717) is 5.56 Å². The van der Waals surface area contributed by atoms with Crippen LogP contribution in [-0.4, -0.2) is 20.1 Å². The van der Waals surface area contributed by atoms with E-state index in [1.54, 1.807) is 49.1 Å². The van der Waals surface area contributed by atoms with Crippen molar-refractivity contribution < 1.29 is 4.92 Å². The average Bonchev–Trinajstić information content (AvgIpc) is 3.02. The number of hydrogen-bond donors (Lipinski definition) is 1. The molecule has 0 unspecified atom stereocenters. The lowest BCUT2D eigenvalue weighted by molar-refractivity contribution is -0.384. The highest BCUT2D eigenvalue weighted by atomic mass is 16.6. The monoisotopic (exact) mass is 266 g/mol. The Labute approximate surface area is 114 Å². The lowest BCUT2D eigenvalue weighted by atomic mass is 10.0. The van der Waals surface area contributed by atoms with Gasteiger partial charge in [0.05, 0.1) is 16.7 Å². The van der Waals surface area contributed by atoms with Gasteiger partial charge in [-0.15, -0.1) is 0 Å². The lowest BCUT2D eigenvalue weighted by Gasteiger charge is -2.04. The third-order valence-electron chi connectivity index (χ3n) is 3.00. The maximum atomic E-state index is 11.3. The zero-order valence-corrected chi connectivity index (χ0v) is 10.4. The molecule has 6 nitrogen and oxygen atoms in total. The second kappa shape index (κ2) is 4.93. The van der Waals surface area contributed by atoms with E-state index in [2.05, 4.69) is 15.2 Å². The number of pyridine rings is 1. The smallest absolute Gasteiger partial charge is 0.277 e. The molecule has 0 fully saturated rings. The van der Waals surface area contributed by atoms with Crippen molar-refractivity contribution in [1.29, 1.82) is 0 Å². The SMILES string of the molecule is O=[N+]([O-])c1cc(-c2cn[nH]c2)ccc1-c1cccnc1. The number of benzene rings is 1. The van der Waals surface area contributed by atoms with Crippen LogP contribution in [-0.2, 0) is 0 Å². The number of nitrogens with one attached hydrogen (secondary N) is 1. The summed E-state index contributed by atoms with van der Waals surface area (Å²) in [6.45, 7) is 0. The zero-order valence-electron chi connectivity index (χ0n) is 10.4. The molecule has 3 aromatic rings. The highest BCUT2D eigenvalue weighted by Crippen LogP contribution is 2.33. The normalized spacial score (nSPS) is 10.4. The van der Waals surface area contributed by atoms with Crippen molar-refractivity contribution in [3.63, 3.8) is 0 Å². The first-order valence-corrected chi connectivity index (χ1v) is 5.94. The summed E-state index contributed by atoms with van der Waals surface area (Å²) in [5.41, 5.74) is 2.88. The molecule has 0 spiro atoms. The summed E-state index contributed by atoms with van der Waals surface area (Å²) in [7, 11) is 0. The van der Waals surface area contributed by atoms with Crippen LogP contribution in [0.1, 0.15) is 0 Å². The largest absolute Gasteiger partial charge is 0.285 e. The van der Waals surface area contributed by atoms with E-state index < -0.39 is 0 Å². The Balaban J connectivity index is 2.15. The molecule has 0 saturated heterocycles. The first kappa shape index (κ1) is 12.0. The van der Waals surface area contributed by atoms with Crippen LogP contribution in [0.2, 0.25) is 0 Å². The van der Waals surface area contributed by atoms with Crippen LogP contribution in [0.5, 0.6) is 0 Å². The summed E-state index contributed by atoms with van der Waals surface area (Å²) in [5.74, 6) is 0. The van der Waals surface area contributed by atoms with Crippen molar-refractivity contribution >= 4 is 5.69 Å². The number of aromatic amines is 1. The fourth-order valence-electron chi connectivity index (χ4n) is 2.04. The second-order valence-electron chi connectivity index (χ2n) is 4.22. The molecule has 0 aliphatic heterocycles. The van der Waals surface area contributed by atoms with Crippen LogP contribution in [0.4, 0.5) is 5.69 Å². The molecule has 20 heavy (non-hydrogen) atoms. The molecule has 98 valence electrons. The number of rotatable bonds is 3. The maximum absolute atomic E-state index is 11.3. The van der Waals surface area contributed by atoms with Gasteiger partial charge in [0, 0.05) is 35.8 Å². The molecule has 0 atom stereocenters. The Hall–Kier alpha value is -3.02. The first-order valence-electron chi connectivity index (χ1n) is 5.94. The predicted molar refractivity (Wildman–Crippen MR) is 73.9 cm³/mol. The van der Waals surface area contributed by atoms with E-state index in [0.717, 1.165) is 16.7 Å². The van der Waals surface area contributed by atoms with Gasteiger partial charge >= 0.3 is 0 Å². The highest BCUT2D eigenvalue weighted by Gasteiger charge is 2.17. The molecule has 0 saturated carbocycles. The molecule has 0 bridgehead atoms. The Morgan fingerprint density at radius 1 is 1.10 bits per heavy atom. The van der Waals surface area contributed by atoms with Gasteiger partial charge in [-0.25, -0.2) is 0 Å². The van der Waals surface area contributed by atoms with Gasteiger partial charge in [0.15, 0.2) is 0 Å². The van der Waals surface area contributed by atoms with Gasteiger partial charge in [-0.3, -0.25) is 20.2 Å². The standard InChI is InChI=1S/C14H10N4O2/c19-18(20)14-6-10(12-8-16-17-9-12)3-4-13(14)11-2-1-5-15-7-11/h1-9H,(H,16,17). The lowest BCUT2D eigenvalue weighted by Crippen LogP contribution is -1.93. The quantitative estimate of drug-likeness (QED) is 0.583. The van der Waals surface area contributed by atoms with Crippen LogP contribution < -0.4 is 0 Å². The molecular formula is C14H10N4O2. The van der Waals surface area contributed by atoms with E-state index in [1.807, 2.05) is 6.07 Å². The Bertz CT molecular complexity index is 739. The van der Waals surface area contributed by atoms with Crippen molar-refractivity contribution in [3.8, 4) is 22.3 Å². The number of H-pyrrole nitrogens is 1. The summed E-state index contributed by atoms with van der Waals surface area (Å²) < 4.78 is 0.